The molecule has 3 aliphatic rings. The van der Waals surface area contributed by atoms with Gasteiger partial charge in [0.15, 0.2) is 17.4 Å². The minimum atomic E-state index is -1.13. The van der Waals surface area contributed by atoms with Crippen molar-refractivity contribution in [3.63, 3.8) is 0 Å². The van der Waals surface area contributed by atoms with Gasteiger partial charge in [0.1, 0.15) is 24.4 Å². The van der Waals surface area contributed by atoms with Crippen LogP contribution in [0.2, 0.25) is 0 Å². The summed E-state index contributed by atoms with van der Waals surface area (Å²) in [7, 11) is 0. The van der Waals surface area contributed by atoms with E-state index in [0.717, 1.165) is 0 Å². The average molecular weight is 475 g/mol. The zero-order valence-corrected chi connectivity index (χ0v) is 20.5. The molecule has 3 aliphatic heterocycles. The summed E-state index contributed by atoms with van der Waals surface area (Å²) in [5.41, 5.74) is 0. The Kier molecular flexibility index (Phi) is 8.40. The largest absolute Gasteiger partial charge is 0.466 e. The molecule has 0 saturated carbocycles. The van der Waals surface area contributed by atoms with Crippen LogP contribution < -0.4 is 0 Å². The van der Waals surface area contributed by atoms with Crippen molar-refractivity contribution in [1.82, 2.24) is 0 Å². The van der Waals surface area contributed by atoms with Crippen LogP contribution in [-0.2, 0) is 47.5 Å². The molecule has 0 aliphatic carbocycles. The van der Waals surface area contributed by atoms with Gasteiger partial charge in [-0.15, -0.1) is 0 Å². The van der Waals surface area contributed by atoms with Gasteiger partial charge in [-0.1, -0.05) is 0 Å². The summed E-state index contributed by atoms with van der Waals surface area (Å²) in [5.74, 6) is -3.36. The number of carbonyl (C=O) groups excluding carboxylic acids is 2. The monoisotopic (exact) mass is 474 g/mol. The molecule has 0 bridgehead atoms. The molecule has 0 N–H and O–H groups in total. The molecule has 0 aromatic rings. The maximum atomic E-state index is 12.0. The van der Waals surface area contributed by atoms with Crippen molar-refractivity contribution >= 4 is 11.9 Å². The lowest BCUT2D eigenvalue weighted by Crippen LogP contribution is -2.45. The molecule has 0 unspecified atom stereocenters. The highest BCUT2D eigenvalue weighted by atomic mass is 16.8. The van der Waals surface area contributed by atoms with Gasteiger partial charge in [0, 0.05) is 12.8 Å². The van der Waals surface area contributed by atoms with E-state index in [1.165, 1.54) is 0 Å². The molecule has 4 atom stereocenters. The van der Waals surface area contributed by atoms with E-state index in [4.69, 9.17) is 37.9 Å². The van der Waals surface area contributed by atoms with Gasteiger partial charge in [-0.3, -0.25) is 9.59 Å². The van der Waals surface area contributed by atoms with E-state index in [-0.39, 0.29) is 50.3 Å². The van der Waals surface area contributed by atoms with Gasteiger partial charge in [0.2, 0.25) is 0 Å². The van der Waals surface area contributed by atoms with Crippen LogP contribution in [0.1, 0.15) is 67.2 Å². The summed E-state index contributed by atoms with van der Waals surface area (Å²) in [4.78, 5) is 24.0. The van der Waals surface area contributed by atoms with E-state index in [1.807, 2.05) is 27.7 Å². The van der Waals surface area contributed by atoms with E-state index in [2.05, 4.69) is 0 Å². The molecule has 0 radical (unpaired) electrons. The van der Waals surface area contributed by atoms with E-state index >= 15 is 0 Å². The molecule has 0 spiro atoms. The van der Waals surface area contributed by atoms with E-state index in [0.29, 0.717) is 19.8 Å². The smallest absolute Gasteiger partial charge is 0.305 e. The molecule has 3 heterocycles. The van der Waals surface area contributed by atoms with Crippen molar-refractivity contribution in [2.45, 2.75) is 109 Å². The first-order valence-corrected chi connectivity index (χ1v) is 11.8. The van der Waals surface area contributed by atoms with E-state index in [9.17, 15) is 9.59 Å². The predicted octanol–water partition coefficient (Wildman–Crippen LogP) is 2.46. The minimum absolute atomic E-state index is 0.105. The second-order valence-electron chi connectivity index (χ2n) is 9.42. The lowest BCUT2D eigenvalue weighted by Gasteiger charge is -2.30. The SMILES string of the molecule is CCOC(=O)CCC1(CCC(=O)OCC)OC[C@H]([C@@H]2OC(C)(C)O[C@@H]2[C@@H]2COC(C)(C)O2)O1. The van der Waals surface area contributed by atoms with Gasteiger partial charge in [-0.25, -0.2) is 0 Å². The summed E-state index contributed by atoms with van der Waals surface area (Å²) in [6.45, 7) is 12.1. The molecule has 33 heavy (non-hydrogen) atoms. The minimum Gasteiger partial charge on any atom is -0.466 e. The molecule has 10 heteroatoms. The zero-order valence-electron chi connectivity index (χ0n) is 20.5. The molecule has 0 aromatic carbocycles. The van der Waals surface area contributed by atoms with Crippen LogP contribution in [0.25, 0.3) is 0 Å². The van der Waals surface area contributed by atoms with Crippen LogP contribution in [0.15, 0.2) is 0 Å². The first-order valence-electron chi connectivity index (χ1n) is 11.8. The number of hydrogen-bond acceptors (Lipinski definition) is 10. The fourth-order valence-electron chi connectivity index (χ4n) is 4.45. The Morgan fingerprint density at radius 2 is 1.21 bits per heavy atom. The number of hydrogen-bond donors (Lipinski definition) is 0. The Morgan fingerprint density at radius 1 is 0.727 bits per heavy atom. The Hall–Kier alpha value is -1.30. The summed E-state index contributed by atoms with van der Waals surface area (Å²) in [6, 6.07) is 0. The lowest BCUT2D eigenvalue weighted by atomic mass is 10.0. The van der Waals surface area contributed by atoms with E-state index < -0.39 is 35.7 Å². The Bertz CT molecular complexity index is 669. The van der Waals surface area contributed by atoms with Crippen LogP contribution in [-0.4, -0.2) is 80.1 Å². The van der Waals surface area contributed by atoms with Gasteiger partial charge < -0.3 is 37.9 Å². The van der Waals surface area contributed by atoms with Crippen molar-refractivity contribution < 1.29 is 47.5 Å². The van der Waals surface area contributed by atoms with Crippen molar-refractivity contribution in [1.29, 1.82) is 0 Å². The summed E-state index contributed by atoms with van der Waals surface area (Å²) in [5, 5.41) is 0. The van der Waals surface area contributed by atoms with Gasteiger partial charge >= 0.3 is 11.9 Å². The number of esters is 2. The number of carbonyl (C=O) groups is 2. The Labute approximate surface area is 195 Å². The molecule has 3 saturated heterocycles. The molecule has 3 rings (SSSR count). The van der Waals surface area contributed by atoms with E-state index in [1.54, 1.807) is 13.8 Å². The quantitative estimate of drug-likeness (QED) is 0.438. The normalized spacial score (nSPS) is 32.1. The highest BCUT2D eigenvalue weighted by molar-refractivity contribution is 5.70. The topological polar surface area (TPSA) is 108 Å². The zero-order chi connectivity index (χ0) is 24.3. The predicted molar refractivity (Wildman–Crippen MR) is 114 cm³/mol. The first kappa shape index (κ1) is 26.3. The maximum absolute atomic E-state index is 12.0. The molecule has 0 amide bonds. The van der Waals surface area contributed by atoms with Gasteiger partial charge in [-0.05, 0) is 41.5 Å². The molecule has 3 fully saturated rings. The van der Waals surface area contributed by atoms with Gasteiger partial charge in [0.25, 0.3) is 0 Å². The second-order valence-corrected chi connectivity index (χ2v) is 9.42. The van der Waals surface area contributed by atoms with Crippen LogP contribution in [0, 0.1) is 0 Å². The van der Waals surface area contributed by atoms with Crippen LogP contribution in [0.4, 0.5) is 0 Å². The Morgan fingerprint density at radius 3 is 1.67 bits per heavy atom. The van der Waals surface area contributed by atoms with Gasteiger partial charge in [0.05, 0.1) is 39.3 Å². The molecule has 10 nitrogen and oxygen atoms in total. The van der Waals surface area contributed by atoms with Gasteiger partial charge in [-0.2, -0.15) is 0 Å². The molecular weight excluding hydrogens is 436 g/mol. The Balaban J connectivity index is 1.71. The van der Waals surface area contributed by atoms with Crippen molar-refractivity contribution in [2.24, 2.45) is 0 Å². The average Bonchev–Trinajstić information content (AvgIpc) is 3.40. The second kappa shape index (κ2) is 10.5. The third-order valence-electron chi connectivity index (χ3n) is 5.83. The third kappa shape index (κ3) is 6.86. The van der Waals surface area contributed by atoms with Crippen molar-refractivity contribution in [2.75, 3.05) is 26.4 Å². The summed E-state index contributed by atoms with van der Waals surface area (Å²) < 4.78 is 46.7. The fourth-order valence-corrected chi connectivity index (χ4v) is 4.45. The first-order chi connectivity index (χ1) is 15.5. The molecular formula is C23H38O10. The highest BCUT2D eigenvalue weighted by Gasteiger charge is 2.56. The number of ether oxygens (including phenoxy) is 8. The van der Waals surface area contributed by atoms with Crippen molar-refractivity contribution in [3.05, 3.63) is 0 Å². The van der Waals surface area contributed by atoms with Crippen LogP contribution in [0.3, 0.4) is 0 Å². The third-order valence-corrected chi connectivity index (χ3v) is 5.83. The maximum Gasteiger partial charge on any atom is 0.305 e. The van der Waals surface area contributed by atoms with Crippen LogP contribution >= 0.6 is 0 Å². The number of rotatable bonds is 10. The van der Waals surface area contributed by atoms with Crippen molar-refractivity contribution in [3.8, 4) is 0 Å². The highest BCUT2D eigenvalue weighted by Crippen LogP contribution is 2.42. The lowest BCUT2D eigenvalue weighted by molar-refractivity contribution is -0.201. The molecule has 190 valence electrons. The summed E-state index contributed by atoms with van der Waals surface area (Å²) >= 11 is 0. The summed E-state index contributed by atoms with van der Waals surface area (Å²) in [6.07, 6.45) is -1.00. The molecule has 0 aromatic heterocycles. The van der Waals surface area contributed by atoms with Crippen LogP contribution in [0.5, 0.6) is 0 Å². The fraction of sp³-hybridized carbons (Fsp3) is 0.913. The standard InChI is InChI=1S/C23H38O10/c1-7-26-17(24)9-11-23(12-10-18(25)27-8-2)29-14-16(31-23)20-19(32-22(5,6)33-20)15-13-28-21(3,4)30-15/h15-16,19-20H,7-14H2,1-6H3/t15-,16+,19+,20-/m0/s1.